The molecule has 0 spiro atoms. The minimum Gasteiger partial charge on any atom is -0.473 e. The highest BCUT2D eigenvalue weighted by atomic mass is 32.2. The Morgan fingerprint density at radius 2 is 2.09 bits per heavy atom. The standard InChI is InChI=1S/C19H32O2S/c1-2-3-4-5-6-8-12-17-14-11-15-18(17)13-9-7-10-16-22-19(20)21/h8,12,15,17H,2-7,9-11,13-14,16H2,1H3,(H,20,21)/t17-/m0/s1. The van der Waals surface area contributed by atoms with E-state index < -0.39 is 5.30 Å². The van der Waals surface area contributed by atoms with Gasteiger partial charge in [-0.1, -0.05) is 56.4 Å². The Labute approximate surface area is 140 Å². The Balaban J connectivity index is 2.09. The van der Waals surface area contributed by atoms with E-state index in [-0.39, 0.29) is 0 Å². The summed E-state index contributed by atoms with van der Waals surface area (Å²) in [5.41, 5.74) is 1.62. The third kappa shape index (κ3) is 9.34. The summed E-state index contributed by atoms with van der Waals surface area (Å²) in [6.07, 6.45) is 20.9. The molecule has 1 N–H and O–H groups in total. The minimum absolute atomic E-state index is 0.680. The maximum atomic E-state index is 10.4. The number of carbonyl (C=O) groups is 1. The lowest BCUT2D eigenvalue weighted by atomic mass is 9.95. The molecule has 0 saturated heterocycles. The second-order valence-electron chi connectivity index (χ2n) is 6.17. The topological polar surface area (TPSA) is 37.3 Å². The van der Waals surface area contributed by atoms with E-state index in [2.05, 4.69) is 25.2 Å². The molecule has 0 saturated carbocycles. The molecule has 0 aromatic heterocycles. The zero-order valence-electron chi connectivity index (χ0n) is 14.1. The first-order chi connectivity index (χ1) is 10.7. The van der Waals surface area contributed by atoms with Crippen molar-refractivity contribution in [1.82, 2.24) is 0 Å². The van der Waals surface area contributed by atoms with Crippen molar-refractivity contribution in [3.05, 3.63) is 23.8 Å². The van der Waals surface area contributed by atoms with E-state index in [1.807, 2.05) is 0 Å². The summed E-state index contributed by atoms with van der Waals surface area (Å²) in [5.74, 6) is 1.43. The molecule has 0 aliphatic heterocycles. The molecule has 2 nitrogen and oxygen atoms in total. The molecule has 0 heterocycles. The SMILES string of the molecule is CCCCCCC=C[C@H]1CCC=C1CCCCCSC(=O)O. The Kier molecular flexibility index (Phi) is 11.3. The van der Waals surface area contributed by atoms with Crippen molar-refractivity contribution < 1.29 is 9.90 Å². The van der Waals surface area contributed by atoms with Crippen LogP contribution in [0.3, 0.4) is 0 Å². The first-order valence-electron chi connectivity index (χ1n) is 8.95. The van der Waals surface area contributed by atoms with Crippen LogP contribution in [0.4, 0.5) is 4.79 Å². The van der Waals surface area contributed by atoms with Gasteiger partial charge in [0.2, 0.25) is 0 Å². The average molecular weight is 325 g/mol. The summed E-state index contributed by atoms with van der Waals surface area (Å²) in [6.45, 7) is 2.26. The summed E-state index contributed by atoms with van der Waals surface area (Å²) in [7, 11) is 0. The molecule has 0 amide bonds. The molecule has 0 unspecified atom stereocenters. The minimum atomic E-state index is -0.748. The second kappa shape index (κ2) is 12.8. The number of carboxylic acid groups (broad SMARTS) is 1. The summed E-state index contributed by atoms with van der Waals surface area (Å²) in [4.78, 5) is 10.4. The van der Waals surface area contributed by atoms with Gasteiger partial charge in [-0.05, 0) is 62.6 Å². The predicted molar refractivity (Wildman–Crippen MR) is 97.7 cm³/mol. The van der Waals surface area contributed by atoms with E-state index in [1.165, 1.54) is 57.8 Å². The first-order valence-corrected chi connectivity index (χ1v) is 9.94. The van der Waals surface area contributed by atoms with Crippen LogP contribution in [-0.2, 0) is 0 Å². The average Bonchev–Trinajstić information content (AvgIpc) is 2.93. The van der Waals surface area contributed by atoms with Gasteiger partial charge in [0.1, 0.15) is 0 Å². The first kappa shape index (κ1) is 19.3. The van der Waals surface area contributed by atoms with Gasteiger partial charge in [0, 0.05) is 5.75 Å². The number of allylic oxidation sites excluding steroid dienone is 4. The molecule has 1 rings (SSSR count). The molecule has 1 aliphatic carbocycles. The lowest BCUT2D eigenvalue weighted by molar-refractivity contribution is 0.222. The van der Waals surface area contributed by atoms with Crippen molar-refractivity contribution in [1.29, 1.82) is 0 Å². The van der Waals surface area contributed by atoms with Gasteiger partial charge in [-0.2, -0.15) is 0 Å². The third-order valence-corrected chi connectivity index (χ3v) is 5.03. The Hall–Kier alpha value is -0.700. The highest BCUT2D eigenvalue weighted by Gasteiger charge is 2.15. The van der Waals surface area contributed by atoms with Crippen molar-refractivity contribution >= 4 is 17.1 Å². The van der Waals surface area contributed by atoms with Crippen molar-refractivity contribution in [3.63, 3.8) is 0 Å². The summed E-state index contributed by atoms with van der Waals surface area (Å²) in [5, 5.41) is 7.83. The smallest absolute Gasteiger partial charge is 0.364 e. The van der Waals surface area contributed by atoms with Crippen LogP contribution in [0, 0.1) is 5.92 Å². The van der Waals surface area contributed by atoms with Crippen molar-refractivity contribution in [2.45, 2.75) is 77.6 Å². The molecule has 22 heavy (non-hydrogen) atoms. The molecule has 126 valence electrons. The van der Waals surface area contributed by atoms with Gasteiger partial charge in [0.25, 0.3) is 0 Å². The van der Waals surface area contributed by atoms with E-state index in [0.29, 0.717) is 5.92 Å². The molecule has 3 heteroatoms. The lowest BCUT2D eigenvalue weighted by Gasteiger charge is -2.10. The molecule has 0 bridgehead atoms. The van der Waals surface area contributed by atoms with Crippen LogP contribution in [-0.4, -0.2) is 16.2 Å². The highest BCUT2D eigenvalue weighted by Crippen LogP contribution is 2.31. The Bertz CT molecular complexity index is 360. The molecule has 1 atom stereocenters. The highest BCUT2D eigenvalue weighted by molar-refractivity contribution is 8.13. The molecule has 1 aliphatic rings. The maximum Gasteiger partial charge on any atom is 0.364 e. The zero-order chi connectivity index (χ0) is 16.0. The normalized spacial score (nSPS) is 18.0. The fourth-order valence-corrected chi connectivity index (χ4v) is 3.53. The quantitative estimate of drug-likeness (QED) is 0.316. The summed E-state index contributed by atoms with van der Waals surface area (Å²) < 4.78 is 0. The van der Waals surface area contributed by atoms with E-state index in [0.717, 1.165) is 30.4 Å². The van der Waals surface area contributed by atoms with Crippen LogP contribution < -0.4 is 0 Å². The fourth-order valence-electron chi connectivity index (χ4n) is 3.01. The van der Waals surface area contributed by atoms with Crippen molar-refractivity contribution in [2.24, 2.45) is 5.92 Å². The third-order valence-electron chi connectivity index (χ3n) is 4.29. The maximum absolute atomic E-state index is 10.4. The number of hydrogen-bond acceptors (Lipinski definition) is 2. The fraction of sp³-hybridized carbons (Fsp3) is 0.737. The van der Waals surface area contributed by atoms with Gasteiger partial charge in [0.15, 0.2) is 0 Å². The van der Waals surface area contributed by atoms with E-state index in [4.69, 9.17) is 5.11 Å². The van der Waals surface area contributed by atoms with Crippen LogP contribution >= 0.6 is 11.8 Å². The van der Waals surface area contributed by atoms with Crippen molar-refractivity contribution in [2.75, 3.05) is 5.75 Å². The molecular weight excluding hydrogens is 292 g/mol. The van der Waals surface area contributed by atoms with Gasteiger partial charge < -0.3 is 5.11 Å². The van der Waals surface area contributed by atoms with Crippen LogP contribution in [0.5, 0.6) is 0 Å². The van der Waals surface area contributed by atoms with Crippen LogP contribution in [0.25, 0.3) is 0 Å². The lowest BCUT2D eigenvalue weighted by Crippen LogP contribution is -1.96. The van der Waals surface area contributed by atoms with Crippen LogP contribution in [0.1, 0.15) is 77.6 Å². The van der Waals surface area contributed by atoms with Crippen LogP contribution in [0.2, 0.25) is 0 Å². The predicted octanol–water partition coefficient (Wildman–Crippen LogP) is 6.82. The van der Waals surface area contributed by atoms with E-state index in [9.17, 15) is 4.79 Å². The molecule has 0 aromatic rings. The van der Waals surface area contributed by atoms with E-state index in [1.54, 1.807) is 5.57 Å². The van der Waals surface area contributed by atoms with E-state index >= 15 is 0 Å². The van der Waals surface area contributed by atoms with Gasteiger partial charge in [-0.25, -0.2) is 4.79 Å². The van der Waals surface area contributed by atoms with Crippen molar-refractivity contribution in [3.8, 4) is 0 Å². The monoisotopic (exact) mass is 324 g/mol. The summed E-state index contributed by atoms with van der Waals surface area (Å²) >= 11 is 1.02. The molecule has 0 fully saturated rings. The summed E-state index contributed by atoms with van der Waals surface area (Å²) in [6, 6.07) is 0. The molecule has 0 radical (unpaired) electrons. The van der Waals surface area contributed by atoms with Gasteiger partial charge in [-0.3, -0.25) is 0 Å². The van der Waals surface area contributed by atoms with Gasteiger partial charge in [-0.15, -0.1) is 0 Å². The number of unbranched alkanes of at least 4 members (excludes halogenated alkanes) is 6. The van der Waals surface area contributed by atoms with Gasteiger partial charge in [0.05, 0.1) is 0 Å². The molecular formula is C19H32O2S. The number of thioether (sulfide) groups is 1. The zero-order valence-corrected chi connectivity index (χ0v) is 14.9. The van der Waals surface area contributed by atoms with Gasteiger partial charge >= 0.3 is 5.30 Å². The Morgan fingerprint density at radius 3 is 2.86 bits per heavy atom. The number of rotatable bonds is 12. The second-order valence-corrected chi connectivity index (χ2v) is 7.21. The largest absolute Gasteiger partial charge is 0.473 e. The molecule has 0 aromatic carbocycles. The van der Waals surface area contributed by atoms with Crippen LogP contribution in [0.15, 0.2) is 23.8 Å². The Morgan fingerprint density at radius 1 is 1.27 bits per heavy atom. The number of hydrogen-bond donors (Lipinski definition) is 1.